The zero-order chi connectivity index (χ0) is 12.3. The summed E-state index contributed by atoms with van der Waals surface area (Å²) in [5.41, 5.74) is 1.000. The van der Waals surface area contributed by atoms with Crippen molar-refractivity contribution in [2.75, 3.05) is 24.6 Å². The van der Waals surface area contributed by atoms with E-state index >= 15 is 0 Å². The first kappa shape index (κ1) is 12.6. The van der Waals surface area contributed by atoms with Crippen LogP contribution in [0.15, 0.2) is 29.2 Å². The standard InChI is InChI=1S/C12H15NO2S2/c14-12(13-5-7-17(15)8-6-13)9-10-1-3-11(16)4-2-10/h1-4,16H,5-9H2. The molecule has 0 N–H and O–H groups in total. The van der Waals surface area contributed by atoms with Gasteiger partial charge in [-0.05, 0) is 17.7 Å². The van der Waals surface area contributed by atoms with Crippen LogP contribution in [0.4, 0.5) is 0 Å². The summed E-state index contributed by atoms with van der Waals surface area (Å²) in [7, 11) is -0.731. The highest BCUT2D eigenvalue weighted by molar-refractivity contribution is 7.85. The number of rotatable bonds is 2. The Morgan fingerprint density at radius 3 is 2.41 bits per heavy atom. The van der Waals surface area contributed by atoms with Crippen LogP contribution in [0.1, 0.15) is 5.56 Å². The zero-order valence-electron chi connectivity index (χ0n) is 9.46. The topological polar surface area (TPSA) is 37.4 Å². The van der Waals surface area contributed by atoms with Gasteiger partial charge in [-0.15, -0.1) is 12.6 Å². The maximum atomic E-state index is 12.0. The summed E-state index contributed by atoms with van der Waals surface area (Å²) in [4.78, 5) is 14.7. The predicted octanol–water partition coefficient (Wildman–Crippen LogP) is 1.11. The van der Waals surface area contributed by atoms with Crippen LogP contribution in [0.25, 0.3) is 0 Å². The van der Waals surface area contributed by atoms with Crippen LogP contribution in [0.2, 0.25) is 0 Å². The Balaban J connectivity index is 1.92. The monoisotopic (exact) mass is 269 g/mol. The minimum Gasteiger partial charge on any atom is -0.341 e. The lowest BCUT2D eigenvalue weighted by atomic mass is 10.1. The molecule has 17 heavy (non-hydrogen) atoms. The first-order valence-electron chi connectivity index (χ1n) is 5.56. The SMILES string of the molecule is O=C(Cc1ccc(S)cc1)N1CCS(=O)CC1. The first-order valence-corrected chi connectivity index (χ1v) is 7.49. The molecule has 1 heterocycles. The average molecular weight is 269 g/mol. The molecule has 1 saturated heterocycles. The van der Waals surface area contributed by atoms with Gasteiger partial charge in [0, 0.05) is 40.3 Å². The normalized spacial score (nSPS) is 17.1. The summed E-state index contributed by atoms with van der Waals surface area (Å²) < 4.78 is 11.2. The van der Waals surface area contributed by atoms with Gasteiger partial charge >= 0.3 is 0 Å². The van der Waals surface area contributed by atoms with Crippen molar-refractivity contribution >= 4 is 29.3 Å². The highest BCUT2D eigenvalue weighted by atomic mass is 32.2. The molecule has 92 valence electrons. The van der Waals surface area contributed by atoms with Crippen molar-refractivity contribution < 1.29 is 9.00 Å². The Hall–Kier alpha value is -0.810. The Kier molecular flexibility index (Phi) is 4.23. The molecule has 1 fully saturated rings. The van der Waals surface area contributed by atoms with Crippen molar-refractivity contribution in [2.24, 2.45) is 0 Å². The Morgan fingerprint density at radius 2 is 1.82 bits per heavy atom. The minimum atomic E-state index is -0.731. The number of carbonyl (C=O) groups is 1. The van der Waals surface area contributed by atoms with Crippen LogP contribution in [0.5, 0.6) is 0 Å². The van der Waals surface area contributed by atoms with Crippen molar-refractivity contribution in [3.63, 3.8) is 0 Å². The molecule has 1 aromatic rings. The lowest BCUT2D eigenvalue weighted by Crippen LogP contribution is -2.42. The Morgan fingerprint density at radius 1 is 1.24 bits per heavy atom. The summed E-state index contributed by atoms with van der Waals surface area (Å²) in [6.45, 7) is 1.24. The van der Waals surface area contributed by atoms with Gasteiger partial charge in [-0.3, -0.25) is 9.00 Å². The Labute approximate surface area is 109 Å². The van der Waals surface area contributed by atoms with Gasteiger partial charge in [-0.2, -0.15) is 0 Å². The Bertz CT molecular complexity index is 421. The van der Waals surface area contributed by atoms with Gasteiger partial charge in [0.05, 0.1) is 6.42 Å². The van der Waals surface area contributed by atoms with Gasteiger partial charge < -0.3 is 4.90 Å². The van der Waals surface area contributed by atoms with Gasteiger partial charge in [0.15, 0.2) is 0 Å². The molecule has 0 radical (unpaired) electrons. The van der Waals surface area contributed by atoms with Gasteiger partial charge in [-0.1, -0.05) is 12.1 Å². The molecule has 0 aromatic heterocycles. The number of hydrogen-bond donors (Lipinski definition) is 1. The second-order valence-electron chi connectivity index (χ2n) is 4.07. The number of amides is 1. The van der Waals surface area contributed by atoms with Crippen molar-refractivity contribution in [1.82, 2.24) is 4.90 Å². The number of hydrogen-bond acceptors (Lipinski definition) is 3. The van der Waals surface area contributed by atoms with Crippen molar-refractivity contribution in [3.8, 4) is 0 Å². The quantitative estimate of drug-likeness (QED) is 0.817. The molecule has 0 atom stereocenters. The molecule has 1 aromatic carbocycles. The van der Waals surface area contributed by atoms with Crippen LogP contribution in [0, 0.1) is 0 Å². The molecule has 1 amide bonds. The van der Waals surface area contributed by atoms with Crippen LogP contribution >= 0.6 is 12.6 Å². The van der Waals surface area contributed by atoms with Crippen molar-refractivity contribution in [2.45, 2.75) is 11.3 Å². The lowest BCUT2D eigenvalue weighted by Gasteiger charge is -2.26. The number of nitrogens with zero attached hydrogens (tertiary/aromatic N) is 1. The maximum Gasteiger partial charge on any atom is 0.227 e. The molecule has 5 heteroatoms. The third-order valence-corrected chi connectivity index (χ3v) is 4.40. The van der Waals surface area contributed by atoms with E-state index in [2.05, 4.69) is 12.6 Å². The second kappa shape index (κ2) is 5.69. The smallest absolute Gasteiger partial charge is 0.227 e. The highest BCUT2D eigenvalue weighted by Gasteiger charge is 2.19. The van der Waals surface area contributed by atoms with E-state index < -0.39 is 10.8 Å². The minimum absolute atomic E-state index is 0.119. The summed E-state index contributed by atoms with van der Waals surface area (Å²) >= 11 is 4.20. The number of thiol groups is 1. The van der Waals surface area contributed by atoms with Gasteiger partial charge in [0.1, 0.15) is 0 Å². The molecule has 2 rings (SSSR count). The fraction of sp³-hybridized carbons (Fsp3) is 0.417. The largest absolute Gasteiger partial charge is 0.341 e. The van der Waals surface area contributed by atoms with Gasteiger partial charge in [-0.25, -0.2) is 0 Å². The van der Waals surface area contributed by atoms with Gasteiger partial charge in [0.2, 0.25) is 5.91 Å². The average Bonchev–Trinajstić information content (AvgIpc) is 2.33. The molecule has 0 bridgehead atoms. The molecular weight excluding hydrogens is 254 g/mol. The highest BCUT2D eigenvalue weighted by Crippen LogP contribution is 2.10. The molecule has 0 unspecified atom stereocenters. The first-order chi connectivity index (χ1) is 8.15. The van der Waals surface area contributed by atoms with Crippen molar-refractivity contribution in [1.29, 1.82) is 0 Å². The zero-order valence-corrected chi connectivity index (χ0v) is 11.2. The summed E-state index contributed by atoms with van der Waals surface area (Å²) in [5, 5.41) is 0. The van der Waals surface area contributed by atoms with Crippen LogP contribution in [0.3, 0.4) is 0 Å². The van der Waals surface area contributed by atoms with Crippen molar-refractivity contribution in [3.05, 3.63) is 29.8 Å². The van der Waals surface area contributed by atoms with E-state index in [1.165, 1.54) is 0 Å². The fourth-order valence-corrected chi connectivity index (χ4v) is 2.99. The van der Waals surface area contributed by atoms with E-state index in [4.69, 9.17) is 0 Å². The van der Waals surface area contributed by atoms with Crippen LogP contribution < -0.4 is 0 Å². The van der Waals surface area contributed by atoms with Gasteiger partial charge in [0.25, 0.3) is 0 Å². The third-order valence-electron chi connectivity index (χ3n) is 2.82. The number of benzene rings is 1. The summed E-state index contributed by atoms with van der Waals surface area (Å²) in [5.74, 6) is 1.34. The van der Waals surface area contributed by atoms with Crippen LogP contribution in [-0.4, -0.2) is 39.6 Å². The van der Waals surface area contributed by atoms with E-state index in [1.807, 2.05) is 24.3 Å². The predicted molar refractivity (Wildman–Crippen MR) is 71.9 cm³/mol. The van der Waals surface area contributed by atoms with E-state index in [9.17, 15) is 9.00 Å². The number of carbonyl (C=O) groups excluding carboxylic acids is 1. The molecule has 1 aliphatic heterocycles. The maximum absolute atomic E-state index is 12.0. The second-order valence-corrected chi connectivity index (χ2v) is 6.28. The van der Waals surface area contributed by atoms with Crippen LogP contribution in [-0.2, 0) is 22.0 Å². The lowest BCUT2D eigenvalue weighted by molar-refractivity contribution is -0.130. The molecule has 0 saturated carbocycles. The molecule has 1 aliphatic rings. The van der Waals surface area contributed by atoms with E-state index in [0.717, 1.165) is 10.5 Å². The third kappa shape index (κ3) is 3.57. The summed E-state index contributed by atoms with van der Waals surface area (Å²) in [6.07, 6.45) is 0.417. The fourth-order valence-electron chi connectivity index (χ4n) is 1.79. The molecule has 0 spiro atoms. The van der Waals surface area contributed by atoms with E-state index in [1.54, 1.807) is 4.90 Å². The molecule has 3 nitrogen and oxygen atoms in total. The van der Waals surface area contributed by atoms with E-state index in [0.29, 0.717) is 31.0 Å². The molecular formula is C12H15NO2S2. The van der Waals surface area contributed by atoms with E-state index in [-0.39, 0.29) is 5.91 Å². The molecule has 0 aliphatic carbocycles. The summed E-state index contributed by atoms with van der Waals surface area (Å²) in [6, 6.07) is 7.61.